The fraction of sp³-hybridized carbons (Fsp3) is 0.524. The van der Waals surface area contributed by atoms with Gasteiger partial charge in [-0.15, -0.1) is 24.0 Å². The molecule has 0 spiro atoms. The van der Waals surface area contributed by atoms with Crippen LogP contribution in [-0.4, -0.2) is 31.5 Å². The summed E-state index contributed by atoms with van der Waals surface area (Å²) >= 11 is 0. The molecule has 1 fully saturated rings. The van der Waals surface area contributed by atoms with Crippen LogP contribution in [0.15, 0.2) is 27.7 Å². The van der Waals surface area contributed by atoms with Gasteiger partial charge in [0.1, 0.15) is 5.76 Å². The Hall–Kier alpha value is -1.97. The van der Waals surface area contributed by atoms with E-state index in [0.29, 0.717) is 13.3 Å². The second kappa shape index (κ2) is 9.23. The molecule has 0 atom stereocenters. The van der Waals surface area contributed by atoms with E-state index in [2.05, 4.69) is 46.8 Å². The summed E-state index contributed by atoms with van der Waals surface area (Å²) in [5.74, 6) is 3.41. The first kappa shape index (κ1) is 21.7. The Morgan fingerprint density at radius 2 is 1.93 bits per heavy atom. The van der Waals surface area contributed by atoms with Gasteiger partial charge in [-0.3, -0.25) is 4.99 Å². The van der Waals surface area contributed by atoms with Gasteiger partial charge in [-0.2, -0.15) is 0 Å². The number of nitrogens with one attached hydrogen (secondary N) is 2. The molecule has 0 unspecified atom stereocenters. The Bertz CT molecular complexity index is 855. The Morgan fingerprint density at radius 3 is 2.62 bits per heavy atom. The Balaban J connectivity index is 0.00000240. The first-order valence-corrected chi connectivity index (χ1v) is 10.00. The maximum Gasteiger partial charge on any atom is 0.231 e. The molecule has 1 saturated carbocycles. The standard InChI is InChI=1S/C21H28N4O3.HI/c1-4-16-15(17(5-2)28-25-16)11-23-20(22-3)24-12-21(8-9-21)14-6-7-18-19(10-14)27-13-26-18;/h6-7,10H,4-5,8-9,11-13H2,1-3H3,(H2,22,23,24);1H. The molecule has 158 valence electrons. The summed E-state index contributed by atoms with van der Waals surface area (Å²) in [7, 11) is 1.80. The molecule has 29 heavy (non-hydrogen) atoms. The number of fused-ring (bicyclic) bond motifs is 1. The maximum atomic E-state index is 5.54. The van der Waals surface area contributed by atoms with Crippen LogP contribution in [0.25, 0.3) is 0 Å². The van der Waals surface area contributed by atoms with Crippen LogP contribution in [0.1, 0.15) is 49.3 Å². The van der Waals surface area contributed by atoms with Crippen molar-refractivity contribution in [2.45, 2.75) is 51.5 Å². The number of aryl methyl sites for hydroxylation is 2. The van der Waals surface area contributed by atoms with E-state index in [0.717, 1.165) is 66.7 Å². The fourth-order valence-electron chi connectivity index (χ4n) is 3.73. The van der Waals surface area contributed by atoms with E-state index in [9.17, 15) is 0 Å². The van der Waals surface area contributed by atoms with Gasteiger partial charge in [-0.05, 0) is 37.0 Å². The lowest BCUT2D eigenvalue weighted by atomic mass is 9.95. The zero-order chi connectivity index (χ0) is 19.6. The lowest BCUT2D eigenvalue weighted by Crippen LogP contribution is -2.41. The number of guanidine groups is 1. The highest BCUT2D eigenvalue weighted by atomic mass is 127. The molecule has 4 rings (SSSR count). The molecule has 2 aromatic rings. The average Bonchev–Trinajstić information content (AvgIpc) is 3.19. The molecule has 1 aromatic carbocycles. The van der Waals surface area contributed by atoms with E-state index in [1.807, 2.05) is 6.07 Å². The number of halogens is 1. The first-order chi connectivity index (χ1) is 13.7. The number of hydrogen-bond donors (Lipinski definition) is 2. The van der Waals surface area contributed by atoms with Gasteiger partial charge in [-0.25, -0.2) is 0 Å². The molecule has 1 aliphatic heterocycles. The molecule has 0 saturated heterocycles. The van der Waals surface area contributed by atoms with Crippen molar-refractivity contribution in [3.05, 3.63) is 40.8 Å². The van der Waals surface area contributed by atoms with Crippen molar-refractivity contribution in [3.8, 4) is 11.5 Å². The minimum atomic E-state index is 0. The molecule has 2 N–H and O–H groups in total. The van der Waals surface area contributed by atoms with Crippen molar-refractivity contribution in [2.75, 3.05) is 20.4 Å². The van der Waals surface area contributed by atoms with Crippen molar-refractivity contribution in [2.24, 2.45) is 4.99 Å². The summed E-state index contributed by atoms with van der Waals surface area (Å²) in [4.78, 5) is 4.38. The number of nitrogens with zero attached hydrogens (tertiary/aromatic N) is 2. The second-order valence-corrected chi connectivity index (χ2v) is 7.37. The molecule has 1 aliphatic carbocycles. The summed E-state index contributed by atoms with van der Waals surface area (Å²) in [5.41, 5.74) is 3.59. The molecule has 0 bridgehead atoms. The molecule has 0 radical (unpaired) electrons. The Labute approximate surface area is 188 Å². The number of hydrogen-bond acceptors (Lipinski definition) is 5. The summed E-state index contributed by atoms with van der Waals surface area (Å²) < 4.78 is 16.4. The number of aliphatic imine (C=N–C) groups is 1. The van der Waals surface area contributed by atoms with Gasteiger partial charge in [0.25, 0.3) is 0 Å². The summed E-state index contributed by atoms with van der Waals surface area (Å²) in [6.45, 7) is 5.97. The maximum absolute atomic E-state index is 5.54. The van der Waals surface area contributed by atoms with E-state index in [-0.39, 0.29) is 29.4 Å². The van der Waals surface area contributed by atoms with E-state index in [1.54, 1.807) is 7.05 Å². The highest BCUT2D eigenvalue weighted by Gasteiger charge is 2.44. The highest BCUT2D eigenvalue weighted by Crippen LogP contribution is 2.49. The van der Waals surface area contributed by atoms with Gasteiger partial charge in [0, 0.05) is 37.5 Å². The smallest absolute Gasteiger partial charge is 0.231 e. The number of ether oxygens (including phenoxy) is 2. The van der Waals surface area contributed by atoms with Crippen LogP contribution in [0.4, 0.5) is 0 Å². The minimum absolute atomic E-state index is 0. The van der Waals surface area contributed by atoms with Crippen molar-refractivity contribution in [1.29, 1.82) is 0 Å². The Kier molecular flexibility index (Phi) is 6.92. The molecule has 1 aromatic heterocycles. The summed E-state index contributed by atoms with van der Waals surface area (Å²) in [5, 5.41) is 11.1. The zero-order valence-corrected chi connectivity index (χ0v) is 19.5. The third kappa shape index (κ3) is 4.46. The third-order valence-corrected chi connectivity index (χ3v) is 5.70. The number of aromatic nitrogens is 1. The molecule has 0 amide bonds. The van der Waals surface area contributed by atoms with Gasteiger partial charge in [-0.1, -0.05) is 25.1 Å². The highest BCUT2D eigenvalue weighted by molar-refractivity contribution is 14.0. The van der Waals surface area contributed by atoms with Gasteiger partial charge < -0.3 is 24.6 Å². The monoisotopic (exact) mass is 512 g/mol. The molecule has 7 nitrogen and oxygen atoms in total. The van der Waals surface area contributed by atoms with Crippen molar-refractivity contribution in [1.82, 2.24) is 15.8 Å². The number of rotatable bonds is 7. The van der Waals surface area contributed by atoms with Crippen molar-refractivity contribution >= 4 is 29.9 Å². The van der Waals surface area contributed by atoms with Crippen molar-refractivity contribution in [3.63, 3.8) is 0 Å². The third-order valence-electron chi connectivity index (χ3n) is 5.70. The molecule has 2 aliphatic rings. The molecular formula is C21H29IN4O3. The normalized spacial score (nSPS) is 16.3. The largest absolute Gasteiger partial charge is 0.454 e. The first-order valence-electron chi connectivity index (χ1n) is 10.00. The lowest BCUT2D eigenvalue weighted by Gasteiger charge is -2.19. The van der Waals surface area contributed by atoms with Crippen LogP contribution in [0.2, 0.25) is 0 Å². The van der Waals surface area contributed by atoms with E-state index < -0.39 is 0 Å². The van der Waals surface area contributed by atoms with Crippen LogP contribution in [0.3, 0.4) is 0 Å². The molecular weight excluding hydrogens is 483 g/mol. The average molecular weight is 512 g/mol. The van der Waals surface area contributed by atoms with Crippen LogP contribution in [0, 0.1) is 0 Å². The van der Waals surface area contributed by atoms with E-state index in [1.165, 1.54) is 5.56 Å². The van der Waals surface area contributed by atoms with Crippen molar-refractivity contribution < 1.29 is 14.0 Å². The summed E-state index contributed by atoms with van der Waals surface area (Å²) in [6.07, 6.45) is 4.01. The van der Waals surface area contributed by atoms with E-state index in [4.69, 9.17) is 14.0 Å². The predicted octanol–water partition coefficient (Wildman–Crippen LogP) is 3.54. The minimum Gasteiger partial charge on any atom is -0.454 e. The second-order valence-electron chi connectivity index (χ2n) is 7.37. The quantitative estimate of drug-likeness (QED) is 0.336. The van der Waals surface area contributed by atoms with Gasteiger partial charge in [0.05, 0.1) is 5.69 Å². The SMILES string of the molecule is CCc1noc(CC)c1CNC(=NC)NCC1(c2ccc3c(c2)OCO3)CC1.I. The Morgan fingerprint density at radius 1 is 1.14 bits per heavy atom. The van der Waals surface area contributed by atoms with Gasteiger partial charge >= 0.3 is 0 Å². The fourth-order valence-corrected chi connectivity index (χ4v) is 3.73. The van der Waals surface area contributed by atoms with Gasteiger partial charge in [0.15, 0.2) is 17.5 Å². The zero-order valence-electron chi connectivity index (χ0n) is 17.2. The van der Waals surface area contributed by atoms with Crippen LogP contribution < -0.4 is 20.1 Å². The lowest BCUT2D eigenvalue weighted by molar-refractivity contribution is 0.174. The molecule has 2 heterocycles. The van der Waals surface area contributed by atoms with Crippen LogP contribution >= 0.6 is 24.0 Å². The number of benzene rings is 1. The van der Waals surface area contributed by atoms with Crippen LogP contribution in [0.5, 0.6) is 11.5 Å². The van der Waals surface area contributed by atoms with Gasteiger partial charge in [0.2, 0.25) is 6.79 Å². The topological polar surface area (TPSA) is 80.9 Å². The van der Waals surface area contributed by atoms with E-state index >= 15 is 0 Å². The predicted molar refractivity (Wildman–Crippen MR) is 122 cm³/mol. The summed E-state index contributed by atoms with van der Waals surface area (Å²) in [6, 6.07) is 6.28. The molecule has 8 heteroatoms. The van der Waals surface area contributed by atoms with Crippen LogP contribution in [-0.2, 0) is 24.8 Å².